The Kier molecular flexibility index (Phi) is 34.7. The number of nitrogens with one attached hydrogen (secondary N) is 1. The maximum absolute atomic E-state index is 12.1. The van der Waals surface area contributed by atoms with Gasteiger partial charge >= 0.3 is 17.9 Å². The number of carboxylic acids is 3. The first-order valence-electron chi connectivity index (χ1n) is 47.9. The number of phenols is 4. The summed E-state index contributed by atoms with van der Waals surface area (Å²) in [6, 6.07) is 68.9. The van der Waals surface area contributed by atoms with Gasteiger partial charge in [-0.1, -0.05) is 284 Å². The van der Waals surface area contributed by atoms with Gasteiger partial charge < -0.3 is 45.7 Å². The van der Waals surface area contributed by atoms with Crippen molar-refractivity contribution < 1.29 is 100 Å². The number of phenolic OH excluding ortho intramolecular Hbond substituents is 4. The van der Waals surface area contributed by atoms with E-state index in [1.54, 1.807) is 0 Å². The van der Waals surface area contributed by atoms with Crippen molar-refractivity contribution >= 4 is 173 Å². The summed E-state index contributed by atoms with van der Waals surface area (Å²) >= 11 is 0. The SMILES string of the molecule is CC(C)(C)c1cc2c3nc(c(-c4ccccc4)c4ccc([n-]4)c4cc(C(C)(C)C)cc(c4O)c4ccc5ccc6ccc(nc6c5n4)c(c1)c2O)C=C3.CC(C)(C)c1cc2c3nc(c(-c4ccccc4)c4ccc([nH]4)c4cc(C(C)(C)C)cc(c4O)c4ccc5ccc6ccc(nc6c5n4)c(c1)c2O)C=C3.CCCCC(CC)C(=O)O.CCCCC(CC)C(=O)O.CCCCC(CC)C(=O)O.[Co].[Co].[Co]. The fourth-order valence-electron chi connectivity index (χ4n) is 17.6. The Morgan fingerprint density at radius 3 is 0.906 bits per heavy atom. The summed E-state index contributed by atoms with van der Waals surface area (Å²) in [5.74, 6) is -1.75. The van der Waals surface area contributed by atoms with Crippen molar-refractivity contribution in [1.29, 1.82) is 0 Å². The summed E-state index contributed by atoms with van der Waals surface area (Å²) in [7, 11) is 0. The Morgan fingerprint density at radius 1 is 0.309 bits per heavy atom. The third kappa shape index (κ3) is 23.8. The molecule has 0 aliphatic carbocycles. The topological polar surface area (TPSA) is 300 Å². The molecular weight excluding hydrogens is 1870 g/mol. The van der Waals surface area contributed by atoms with E-state index >= 15 is 0 Å². The number of rotatable bonds is 17. The van der Waals surface area contributed by atoms with E-state index in [0.29, 0.717) is 93.1 Å². The van der Waals surface area contributed by atoms with Crippen molar-refractivity contribution in [1.82, 2.24) is 39.9 Å². The van der Waals surface area contributed by atoms with Crippen LogP contribution in [0.15, 0.2) is 206 Å². The van der Waals surface area contributed by atoms with Gasteiger partial charge in [0, 0.05) is 132 Å². The molecule has 10 heterocycles. The van der Waals surface area contributed by atoms with Crippen LogP contribution in [0, 0.1) is 17.8 Å². The first-order valence-corrected chi connectivity index (χ1v) is 47.9. The van der Waals surface area contributed by atoms with Gasteiger partial charge in [-0.2, -0.15) is 0 Å². The maximum Gasteiger partial charge on any atom is 0.306 e. The number of aromatic hydroxyl groups is 4. The van der Waals surface area contributed by atoms with Crippen molar-refractivity contribution in [3.8, 4) is 45.3 Å². The molecule has 18 rings (SSSR count). The van der Waals surface area contributed by atoms with Crippen LogP contribution in [0.25, 0.3) is 177 Å². The molecule has 0 saturated carbocycles. The molecule has 8 aromatic heterocycles. The predicted molar refractivity (Wildman–Crippen MR) is 563 cm³/mol. The van der Waals surface area contributed by atoms with E-state index < -0.39 is 17.9 Å². The Hall–Kier alpha value is -12.6. The van der Waals surface area contributed by atoms with Crippen LogP contribution in [0.4, 0.5) is 0 Å². The van der Waals surface area contributed by atoms with Crippen LogP contribution in [-0.2, 0) is 86.4 Å². The van der Waals surface area contributed by atoms with Gasteiger partial charge in [0.2, 0.25) is 0 Å². The quantitative estimate of drug-likeness (QED) is 0.0393. The summed E-state index contributed by atoms with van der Waals surface area (Å²) in [5, 5.41) is 83.1. The second-order valence-corrected chi connectivity index (χ2v) is 40.1. The summed E-state index contributed by atoms with van der Waals surface area (Å²) in [6.45, 7) is 38.1. The average molecular weight is 1990 g/mol. The number of hydrogen-bond acceptors (Lipinski definition) is 13. The molecule has 0 amide bonds. The third-order valence-corrected chi connectivity index (χ3v) is 26.2. The van der Waals surface area contributed by atoms with Gasteiger partial charge in [-0.15, -0.1) is 11.0 Å². The van der Waals surface area contributed by atoms with Crippen molar-refractivity contribution in [3.63, 3.8) is 0 Å². The minimum absolute atomic E-state index is 0. The minimum atomic E-state index is -0.643. The van der Waals surface area contributed by atoms with Crippen molar-refractivity contribution in [3.05, 3.63) is 251 Å². The summed E-state index contributed by atoms with van der Waals surface area (Å²) < 4.78 is 0. The standard InChI is InChI=1S/C47H40N4O2.C47H39N4O2.3C8H16O2.3Co/c2*1-46(2,3)29-22-31-35-18-20-39(48-35)41(26-10-8-7-9-11-26)40-21-19-36(49-40)32-23-30(47(4,5)6)25-34(45(32)53)38-17-15-28-13-12-27-14-16-37(33(24-29)44(31)52)50-42(27)43(28)51-38;3*1-3-5-6-7(4-2)8(9)10;;;/h7-25,48,52-53H,1-6H3;7-25H,1-6H3,(H2-,48,49,50,51,52,53);3*7H,3-6H2,1-2H3,(H,9,10);;;/q;-1;;;;;;. The number of aliphatic carboxylic acids is 3. The minimum Gasteiger partial charge on any atom is -0.657 e. The number of hydrogen-bond donors (Lipinski definition) is 8. The Labute approximate surface area is 844 Å². The van der Waals surface area contributed by atoms with Crippen LogP contribution in [0.5, 0.6) is 23.0 Å². The maximum atomic E-state index is 12.1. The molecule has 3 radical (unpaired) electrons. The van der Waals surface area contributed by atoms with Crippen LogP contribution in [-0.4, -0.2) is 88.5 Å². The molecule has 0 spiro atoms. The molecule has 21 heteroatoms. The molecule has 18 nitrogen and oxygen atoms in total. The van der Waals surface area contributed by atoms with Gasteiger partial charge in [0.25, 0.3) is 0 Å². The molecule has 3 atom stereocenters. The molecule has 2 aliphatic rings. The zero-order chi connectivity index (χ0) is 97.6. The number of aromatic nitrogens is 8. The number of H-pyrrole nitrogens is 1. The van der Waals surface area contributed by atoms with Gasteiger partial charge in [-0.05, 0) is 208 Å². The van der Waals surface area contributed by atoms with Gasteiger partial charge in [0.1, 0.15) is 23.0 Å². The van der Waals surface area contributed by atoms with Gasteiger partial charge in [0.15, 0.2) is 0 Å². The van der Waals surface area contributed by atoms with E-state index in [1.165, 1.54) is 0 Å². The molecule has 2 aliphatic heterocycles. The molecular formula is C118H127Co3N8O10-. The normalized spacial score (nSPS) is 12.6. The van der Waals surface area contributed by atoms with Crippen molar-refractivity contribution in [2.75, 3.05) is 0 Å². The largest absolute Gasteiger partial charge is 0.657 e. The third-order valence-electron chi connectivity index (χ3n) is 26.2. The number of carbonyl (C=O) groups is 3. The van der Waals surface area contributed by atoms with E-state index in [4.69, 9.17) is 50.2 Å². The predicted octanol–water partition coefficient (Wildman–Crippen LogP) is 30.4. The first-order chi connectivity index (χ1) is 64.8. The number of pyridine rings is 4. The van der Waals surface area contributed by atoms with Gasteiger partial charge in [-0.25, -0.2) is 29.9 Å². The van der Waals surface area contributed by atoms with E-state index in [9.17, 15) is 34.8 Å². The molecule has 16 aromatic rings. The first kappa shape index (κ1) is 107. The molecule has 727 valence electrons. The van der Waals surface area contributed by atoms with Crippen LogP contribution in [0.2, 0.25) is 0 Å². The number of unbranched alkanes of at least 4 members (excludes halogenated alkanes) is 3. The van der Waals surface area contributed by atoms with E-state index in [1.807, 2.05) is 197 Å². The van der Waals surface area contributed by atoms with Gasteiger partial charge in [-0.3, -0.25) is 14.4 Å². The number of aromatic amines is 1. The van der Waals surface area contributed by atoms with Crippen molar-refractivity contribution in [2.24, 2.45) is 17.8 Å². The number of carboxylic acid groups (broad SMARTS) is 3. The molecule has 139 heavy (non-hydrogen) atoms. The van der Waals surface area contributed by atoms with Crippen LogP contribution in [0.1, 0.15) is 247 Å². The summed E-state index contributed by atoms with van der Waals surface area (Å²) in [5.41, 5.74) is 18.4. The van der Waals surface area contributed by atoms with E-state index in [2.05, 4.69) is 163 Å². The molecule has 0 saturated heterocycles. The van der Waals surface area contributed by atoms with Crippen LogP contribution >= 0.6 is 0 Å². The van der Waals surface area contributed by atoms with Gasteiger partial charge in [0.05, 0.1) is 84.7 Å². The molecule has 0 fully saturated rings. The van der Waals surface area contributed by atoms with Crippen LogP contribution < -0.4 is 4.98 Å². The van der Waals surface area contributed by atoms with E-state index in [-0.39, 0.29) is 113 Å². The zero-order valence-corrected chi connectivity index (χ0v) is 85.8. The molecule has 8 aromatic carbocycles. The second kappa shape index (κ2) is 45.1. The fourth-order valence-corrected chi connectivity index (χ4v) is 17.6. The molecule has 24 bridgehead atoms. The van der Waals surface area contributed by atoms with Crippen LogP contribution in [0.3, 0.4) is 0 Å². The summed E-state index contributed by atoms with van der Waals surface area (Å²) in [4.78, 5) is 71.4. The molecule has 8 N–H and O–H groups in total. The van der Waals surface area contributed by atoms with Crippen molar-refractivity contribution in [2.45, 2.75) is 223 Å². The second-order valence-electron chi connectivity index (χ2n) is 40.1. The summed E-state index contributed by atoms with van der Waals surface area (Å²) in [6.07, 6.45) is 19.1. The zero-order valence-electron chi connectivity index (χ0n) is 82.6. The number of benzene rings is 8. The monoisotopic (exact) mass is 1990 g/mol. The molecule has 3 unspecified atom stereocenters. The number of nitrogens with zero attached hydrogens (tertiary/aromatic N) is 7. The van der Waals surface area contributed by atoms with E-state index in [0.717, 1.165) is 182 Å². The number of fused-ring (bicyclic) bond motifs is 28. The smallest absolute Gasteiger partial charge is 0.306 e. The fraction of sp³-hybridized carbons (Fsp3) is 0.314. The Bertz CT molecular complexity index is 7140. The average Bonchev–Trinajstić information content (AvgIpc) is 1.70. The Balaban J connectivity index is 0.000000202. The Morgan fingerprint density at radius 2 is 0.583 bits per heavy atom.